The quantitative estimate of drug-likeness (QED) is 0.247. The number of hydrogen-bond donors (Lipinski definition) is 0. The maximum Gasteiger partial charge on any atom is 0.309 e. The number of hydrogen-bond acceptors (Lipinski definition) is 6. The van der Waals surface area contributed by atoms with Gasteiger partial charge in [0.25, 0.3) is 0 Å². The Bertz CT molecular complexity index is 991. The number of benzene rings is 1. The van der Waals surface area contributed by atoms with Gasteiger partial charge in [0.1, 0.15) is 5.60 Å². The Morgan fingerprint density at radius 2 is 1.61 bits per heavy atom. The van der Waals surface area contributed by atoms with Gasteiger partial charge in [-0.25, -0.2) is 0 Å². The number of unbranched alkanes of at least 4 members (excludes halogenated alkanes) is 2. The number of aromatic nitrogens is 1. The first kappa shape index (κ1) is 27.8. The second-order valence-electron chi connectivity index (χ2n) is 10.7. The molecule has 198 valence electrons. The van der Waals surface area contributed by atoms with E-state index in [-0.39, 0.29) is 11.9 Å². The molecule has 0 radical (unpaired) electrons. The SMILES string of the molecule is CCCCOc1ccc(-c2ccc(N3CCC(C(=O)OC(C)(C)C)CC3)cc2C)c(OCCCC)n1. The maximum absolute atomic E-state index is 12.5. The molecule has 1 aromatic carbocycles. The fraction of sp³-hybridized carbons (Fsp3) is 0.600. The van der Waals surface area contributed by atoms with Crippen LogP contribution in [0.5, 0.6) is 11.8 Å². The average molecular weight is 497 g/mol. The second kappa shape index (κ2) is 13.0. The minimum atomic E-state index is -0.436. The van der Waals surface area contributed by atoms with E-state index >= 15 is 0 Å². The predicted molar refractivity (Wildman–Crippen MR) is 146 cm³/mol. The number of rotatable bonds is 11. The molecule has 6 heteroatoms. The van der Waals surface area contributed by atoms with Crippen LogP contribution in [0.2, 0.25) is 0 Å². The smallest absolute Gasteiger partial charge is 0.309 e. The summed E-state index contributed by atoms with van der Waals surface area (Å²) in [6, 6.07) is 10.5. The van der Waals surface area contributed by atoms with E-state index in [0.717, 1.165) is 62.7 Å². The molecule has 0 aliphatic carbocycles. The lowest BCUT2D eigenvalue weighted by molar-refractivity contribution is -0.160. The molecule has 36 heavy (non-hydrogen) atoms. The number of piperidine rings is 1. The van der Waals surface area contributed by atoms with E-state index in [4.69, 9.17) is 19.2 Å². The molecule has 0 spiro atoms. The van der Waals surface area contributed by atoms with Crippen LogP contribution in [-0.4, -0.2) is 42.9 Å². The van der Waals surface area contributed by atoms with Gasteiger partial charge in [0.05, 0.1) is 19.1 Å². The zero-order valence-electron chi connectivity index (χ0n) is 23.1. The molecule has 2 heterocycles. The van der Waals surface area contributed by atoms with Gasteiger partial charge in [0.2, 0.25) is 11.8 Å². The van der Waals surface area contributed by atoms with Gasteiger partial charge in [-0.1, -0.05) is 32.8 Å². The summed E-state index contributed by atoms with van der Waals surface area (Å²) in [5.41, 5.74) is 4.01. The zero-order valence-corrected chi connectivity index (χ0v) is 23.1. The Kier molecular flexibility index (Phi) is 10.0. The van der Waals surface area contributed by atoms with Gasteiger partial charge in [0.15, 0.2) is 0 Å². The van der Waals surface area contributed by atoms with Gasteiger partial charge < -0.3 is 19.1 Å². The molecule has 2 aromatic rings. The minimum Gasteiger partial charge on any atom is -0.478 e. The molecule has 6 nitrogen and oxygen atoms in total. The van der Waals surface area contributed by atoms with Gasteiger partial charge in [-0.3, -0.25) is 4.79 Å². The van der Waals surface area contributed by atoms with Crippen molar-refractivity contribution in [2.24, 2.45) is 5.92 Å². The van der Waals surface area contributed by atoms with Crippen molar-refractivity contribution in [3.63, 3.8) is 0 Å². The highest BCUT2D eigenvalue weighted by molar-refractivity contribution is 5.75. The summed E-state index contributed by atoms with van der Waals surface area (Å²) in [5.74, 6) is 1.15. The minimum absolute atomic E-state index is 0.0205. The number of anilines is 1. The summed E-state index contributed by atoms with van der Waals surface area (Å²) in [7, 11) is 0. The van der Waals surface area contributed by atoms with Crippen LogP contribution in [0.3, 0.4) is 0 Å². The van der Waals surface area contributed by atoms with E-state index in [1.807, 2.05) is 26.8 Å². The van der Waals surface area contributed by atoms with E-state index in [1.165, 1.54) is 11.3 Å². The Morgan fingerprint density at radius 1 is 0.972 bits per heavy atom. The lowest BCUT2D eigenvalue weighted by Crippen LogP contribution is -2.38. The first-order valence-corrected chi connectivity index (χ1v) is 13.6. The fourth-order valence-electron chi connectivity index (χ4n) is 4.36. The Labute approximate surface area is 217 Å². The Morgan fingerprint density at radius 3 is 2.22 bits per heavy atom. The van der Waals surface area contributed by atoms with Crippen LogP contribution in [0.1, 0.15) is 78.7 Å². The number of carbonyl (C=O) groups is 1. The molecule has 1 aromatic heterocycles. The molecular formula is C30H44N2O4. The number of carbonyl (C=O) groups excluding carboxylic acids is 1. The van der Waals surface area contributed by atoms with Gasteiger partial charge in [-0.15, -0.1) is 0 Å². The summed E-state index contributed by atoms with van der Waals surface area (Å²) < 4.78 is 17.5. The van der Waals surface area contributed by atoms with Crippen molar-refractivity contribution in [1.82, 2.24) is 4.98 Å². The van der Waals surface area contributed by atoms with Crippen LogP contribution in [0, 0.1) is 12.8 Å². The standard InChI is InChI=1S/C30H44N2O4/c1-7-9-19-34-27-14-13-26(28(31-27)35-20-10-8-2)25-12-11-24(21-22(25)3)32-17-15-23(16-18-32)29(33)36-30(4,5)6/h11-14,21,23H,7-10,15-20H2,1-6H3. The zero-order chi connectivity index (χ0) is 26.1. The molecule has 1 aliphatic rings. The second-order valence-corrected chi connectivity index (χ2v) is 10.7. The van der Waals surface area contributed by atoms with Crippen LogP contribution in [-0.2, 0) is 9.53 Å². The molecule has 1 aliphatic heterocycles. The lowest BCUT2D eigenvalue weighted by atomic mass is 9.95. The monoisotopic (exact) mass is 496 g/mol. The van der Waals surface area contributed by atoms with E-state index in [0.29, 0.717) is 25.0 Å². The fourth-order valence-corrected chi connectivity index (χ4v) is 4.36. The number of esters is 1. The first-order valence-electron chi connectivity index (χ1n) is 13.6. The van der Waals surface area contributed by atoms with E-state index in [9.17, 15) is 4.79 Å². The van der Waals surface area contributed by atoms with Gasteiger partial charge in [0, 0.05) is 30.4 Å². The molecule has 0 bridgehead atoms. The number of ether oxygens (including phenoxy) is 3. The Balaban J connectivity index is 1.73. The summed E-state index contributed by atoms with van der Waals surface area (Å²) in [5, 5.41) is 0. The van der Waals surface area contributed by atoms with Crippen molar-refractivity contribution >= 4 is 11.7 Å². The molecule has 0 amide bonds. The van der Waals surface area contributed by atoms with Crippen LogP contribution in [0.4, 0.5) is 5.69 Å². The number of nitrogens with zero attached hydrogens (tertiary/aromatic N) is 2. The Hall–Kier alpha value is -2.76. The molecule has 0 unspecified atom stereocenters. The van der Waals surface area contributed by atoms with E-state index < -0.39 is 5.60 Å². The van der Waals surface area contributed by atoms with Crippen LogP contribution < -0.4 is 14.4 Å². The third-order valence-electron chi connectivity index (χ3n) is 6.42. The van der Waals surface area contributed by atoms with E-state index in [1.54, 1.807) is 0 Å². The molecule has 0 N–H and O–H groups in total. The predicted octanol–water partition coefficient (Wildman–Crippen LogP) is 6.97. The van der Waals surface area contributed by atoms with Crippen molar-refractivity contribution in [1.29, 1.82) is 0 Å². The third-order valence-corrected chi connectivity index (χ3v) is 6.42. The van der Waals surface area contributed by atoms with Crippen molar-refractivity contribution in [3.8, 4) is 22.9 Å². The van der Waals surface area contributed by atoms with Gasteiger partial charge in [-0.05, 0) is 82.7 Å². The highest BCUT2D eigenvalue weighted by Crippen LogP contribution is 2.35. The van der Waals surface area contributed by atoms with Crippen LogP contribution in [0.25, 0.3) is 11.1 Å². The normalized spacial score (nSPS) is 14.6. The number of pyridine rings is 1. The van der Waals surface area contributed by atoms with Crippen molar-refractivity contribution in [2.75, 3.05) is 31.2 Å². The summed E-state index contributed by atoms with van der Waals surface area (Å²) >= 11 is 0. The van der Waals surface area contributed by atoms with Crippen molar-refractivity contribution < 1.29 is 19.0 Å². The third kappa shape index (κ3) is 7.87. The first-order chi connectivity index (χ1) is 17.2. The highest BCUT2D eigenvalue weighted by Gasteiger charge is 2.29. The summed E-state index contributed by atoms with van der Waals surface area (Å²) in [6.07, 6.45) is 5.77. The summed E-state index contributed by atoms with van der Waals surface area (Å²) in [6.45, 7) is 15.2. The molecular weight excluding hydrogens is 452 g/mol. The molecule has 0 atom stereocenters. The topological polar surface area (TPSA) is 60.9 Å². The van der Waals surface area contributed by atoms with Gasteiger partial charge in [-0.2, -0.15) is 4.98 Å². The molecule has 0 saturated carbocycles. The average Bonchev–Trinajstić information content (AvgIpc) is 2.84. The number of aryl methyl sites for hydroxylation is 1. The van der Waals surface area contributed by atoms with E-state index in [2.05, 4.69) is 49.9 Å². The molecule has 1 saturated heterocycles. The maximum atomic E-state index is 12.5. The lowest BCUT2D eigenvalue weighted by Gasteiger charge is -2.34. The summed E-state index contributed by atoms with van der Waals surface area (Å²) in [4.78, 5) is 19.5. The van der Waals surface area contributed by atoms with Crippen molar-refractivity contribution in [2.45, 2.75) is 85.7 Å². The highest BCUT2D eigenvalue weighted by atomic mass is 16.6. The molecule has 1 fully saturated rings. The van der Waals surface area contributed by atoms with Crippen LogP contribution >= 0.6 is 0 Å². The van der Waals surface area contributed by atoms with Crippen molar-refractivity contribution in [3.05, 3.63) is 35.9 Å². The largest absolute Gasteiger partial charge is 0.478 e. The van der Waals surface area contributed by atoms with Gasteiger partial charge >= 0.3 is 5.97 Å². The molecule has 3 rings (SSSR count). The van der Waals surface area contributed by atoms with Crippen LogP contribution in [0.15, 0.2) is 30.3 Å².